The van der Waals surface area contributed by atoms with Gasteiger partial charge >= 0.3 is 0 Å². The van der Waals surface area contributed by atoms with Crippen molar-refractivity contribution in [3.63, 3.8) is 0 Å². The molecule has 0 radical (unpaired) electrons. The number of nitrogens with zero attached hydrogens (tertiary/aromatic N) is 1. The van der Waals surface area contributed by atoms with Crippen LogP contribution in [0, 0.1) is 0 Å². The van der Waals surface area contributed by atoms with Crippen molar-refractivity contribution in [3.8, 4) is 0 Å². The van der Waals surface area contributed by atoms with Gasteiger partial charge in [-0.3, -0.25) is 9.59 Å². The average molecular weight is 325 g/mol. The lowest BCUT2D eigenvalue weighted by molar-refractivity contribution is -0.122. The van der Waals surface area contributed by atoms with Gasteiger partial charge in [-0.15, -0.1) is 11.6 Å². The fourth-order valence-corrected chi connectivity index (χ4v) is 2.05. The van der Waals surface area contributed by atoms with E-state index in [1.165, 1.54) is 6.21 Å². The van der Waals surface area contributed by atoms with Crippen molar-refractivity contribution in [3.05, 3.63) is 35.4 Å². The number of oxime groups is 1. The van der Waals surface area contributed by atoms with E-state index in [1.807, 2.05) is 19.9 Å². The smallest absolute Gasteiger partial charge is 0.252 e. The van der Waals surface area contributed by atoms with Crippen molar-refractivity contribution in [1.82, 2.24) is 5.32 Å². The third-order valence-corrected chi connectivity index (χ3v) is 3.63. The second-order valence-electron chi connectivity index (χ2n) is 4.97. The summed E-state index contributed by atoms with van der Waals surface area (Å²) in [5.74, 6) is -0.667. The Bertz CT molecular complexity index is 560. The van der Waals surface area contributed by atoms with Crippen LogP contribution < -0.4 is 5.32 Å². The fraction of sp³-hybridized carbons (Fsp3) is 0.438. The first kappa shape index (κ1) is 18.2. The quantitative estimate of drug-likeness (QED) is 0.454. The summed E-state index contributed by atoms with van der Waals surface area (Å²) in [6.45, 7) is 5.82. The maximum Gasteiger partial charge on any atom is 0.252 e. The van der Waals surface area contributed by atoms with Crippen LogP contribution in [0.5, 0.6) is 0 Å². The Balaban J connectivity index is 2.89. The van der Waals surface area contributed by atoms with Crippen molar-refractivity contribution < 1.29 is 14.4 Å². The number of rotatable bonds is 8. The van der Waals surface area contributed by atoms with Crippen LogP contribution in [-0.2, 0) is 9.63 Å². The van der Waals surface area contributed by atoms with Gasteiger partial charge in [-0.05, 0) is 38.0 Å². The van der Waals surface area contributed by atoms with E-state index in [9.17, 15) is 9.59 Å². The van der Waals surface area contributed by atoms with Crippen molar-refractivity contribution in [2.75, 3.05) is 12.5 Å². The highest BCUT2D eigenvalue weighted by Crippen LogP contribution is 2.14. The molecule has 5 nitrogen and oxygen atoms in total. The molecular formula is C16H21ClN2O3. The molecule has 0 spiro atoms. The van der Waals surface area contributed by atoms with Gasteiger partial charge < -0.3 is 10.2 Å². The average Bonchev–Trinajstić information content (AvgIpc) is 2.54. The maximum absolute atomic E-state index is 12.3. The van der Waals surface area contributed by atoms with Gasteiger partial charge in [0.25, 0.3) is 5.91 Å². The second-order valence-corrected chi connectivity index (χ2v) is 5.24. The van der Waals surface area contributed by atoms with Gasteiger partial charge in [-0.1, -0.05) is 24.2 Å². The summed E-state index contributed by atoms with van der Waals surface area (Å²) in [4.78, 5) is 29.1. The molecule has 0 aliphatic rings. The lowest BCUT2D eigenvalue weighted by atomic mass is 9.93. The van der Waals surface area contributed by atoms with Crippen LogP contribution in [0.25, 0.3) is 0 Å². The van der Waals surface area contributed by atoms with E-state index in [-0.39, 0.29) is 17.6 Å². The molecule has 1 atom stereocenters. The predicted molar refractivity (Wildman–Crippen MR) is 87.6 cm³/mol. The summed E-state index contributed by atoms with van der Waals surface area (Å²) < 4.78 is 0. The lowest BCUT2D eigenvalue weighted by Gasteiger charge is -2.27. The first-order valence-corrected chi connectivity index (χ1v) is 7.67. The Morgan fingerprint density at radius 3 is 2.73 bits per heavy atom. The second kappa shape index (κ2) is 8.54. The molecule has 0 aromatic heterocycles. The van der Waals surface area contributed by atoms with E-state index >= 15 is 0 Å². The summed E-state index contributed by atoms with van der Waals surface area (Å²) in [5, 5.41) is 6.52. The van der Waals surface area contributed by atoms with Crippen molar-refractivity contribution >= 4 is 29.5 Å². The maximum atomic E-state index is 12.3. The van der Waals surface area contributed by atoms with Crippen LogP contribution in [0.1, 0.15) is 43.1 Å². The zero-order valence-electron chi connectivity index (χ0n) is 13.1. The molecule has 1 unspecified atom stereocenters. The van der Waals surface area contributed by atoms with Gasteiger partial charge in [0.15, 0.2) is 5.78 Å². The minimum absolute atomic E-state index is 0.133. The molecule has 1 N–H and O–H groups in total. The van der Waals surface area contributed by atoms with E-state index in [2.05, 4.69) is 10.5 Å². The highest BCUT2D eigenvalue weighted by Gasteiger charge is 2.32. The highest BCUT2D eigenvalue weighted by molar-refractivity contribution is 6.29. The Morgan fingerprint density at radius 1 is 1.41 bits per heavy atom. The fourth-order valence-electron chi connectivity index (χ4n) is 1.76. The van der Waals surface area contributed by atoms with Crippen molar-refractivity contribution in [2.24, 2.45) is 5.16 Å². The molecule has 0 aliphatic carbocycles. The van der Waals surface area contributed by atoms with Crippen LogP contribution in [0.15, 0.2) is 29.4 Å². The van der Waals surface area contributed by atoms with E-state index in [1.54, 1.807) is 25.1 Å². The molecule has 6 heteroatoms. The van der Waals surface area contributed by atoms with E-state index in [0.717, 1.165) is 5.56 Å². The number of halogens is 1. The van der Waals surface area contributed by atoms with Gasteiger partial charge in [0.1, 0.15) is 6.61 Å². The minimum Gasteiger partial charge on any atom is -0.396 e. The summed E-state index contributed by atoms with van der Waals surface area (Å²) in [7, 11) is 0. The van der Waals surface area contributed by atoms with Crippen LogP contribution in [0.4, 0.5) is 0 Å². The number of alkyl halides is 1. The van der Waals surface area contributed by atoms with Gasteiger partial charge in [0.05, 0.1) is 17.6 Å². The molecule has 120 valence electrons. The number of hydrogen-bond acceptors (Lipinski definition) is 4. The molecule has 0 saturated heterocycles. The summed E-state index contributed by atoms with van der Waals surface area (Å²) in [6, 6.07) is 6.91. The first-order valence-electron chi connectivity index (χ1n) is 7.14. The number of carbonyl (C=O) groups excluding carboxylic acids is 2. The number of hydrogen-bond donors (Lipinski definition) is 1. The first-order chi connectivity index (χ1) is 10.5. The van der Waals surface area contributed by atoms with Crippen LogP contribution in [-0.4, -0.2) is 35.9 Å². The number of Topliss-reactive ketones (excluding diaryl/α,β-unsaturated/α-hetero) is 1. The van der Waals surface area contributed by atoms with Gasteiger partial charge in [0, 0.05) is 5.56 Å². The predicted octanol–water partition coefficient (Wildman–Crippen LogP) is 2.76. The molecule has 0 aliphatic heterocycles. The number of nitrogens with one attached hydrogen (secondary N) is 1. The lowest BCUT2D eigenvalue weighted by Crippen LogP contribution is -2.52. The summed E-state index contributed by atoms with van der Waals surface area (Å²) >= 11 is 5.61. The number of carbonyl (C=O) groups is 2. The number of ketones is 1. The van der Waals surface area contributed by atoms with E-state index in [4.69, 9.17) is 16.4 Å². The molecule has 1 aromatic rings. The van der Waals surface area contributed by atoms with Crippen LogP contribution in [0.3, 0.4) is 0 Å². The van der Waals surface area contributed by atoms with Crippen LogP contribution >= 0.6 is 11.6 Å². The van der Waals surface area contributed by atoms with E-state index < -0.39 is 5.54 Å². The summed E-state index contributed by atoms with van der Waals surface area (Å²) in [5.41, 5.74) is 0.222. The molecular weight excluding hydrogens is 304 g/mol. The number of amides is 1. The van der Waals surface area contributed by atoms with E-state index in [0.29, 0.717) is 18.6 Å². The molecule has 1 amide bonds. The zero-order valence-corrected chi connectivity index (χ0v) is 13.8. The zero-order chi connectivity index (χ0) is 16.6. The van der Waals surface area contributed by atoms with Gasteiger partial charge in [-0.25, -0.2) is 0 Å². The molecule has 1 aromatic carbocycles. The molecule has 0 heterocycles. The normalized spacial score (nSPS) is 13.6. The molecule has 22 heavy (non-hydrogen) atoms. The van der Waals surface area contributed by atoms with Crippen LogP contribution in [0.2, 0.25) is 0 Å². The molecule has 0 bridgehead atoms. The van der Waals surface area contributed by atoms with Crippen molar-refractivity contribution in [2.45, 2.75) is 32.7 Å². The largest absolute Gasteiger partial charge is 0.396 e. The molecule has 0 saturated carbocycles. The number of benzene rings is 1. The Hall–Kier alpha value is -1.88. The van der Waals surface area contributed by atoms with Gasteiger partial charge in [0.2, 0.25) is 0 Å². The monoisotopic (exact) mass is 324 g/mol. The molecule has 1 rings (SSSR count). The van der Waals surface area contributed by atoms with Gasteiger partial charge in [-0.2, -0.15) is 0 Å². The topological polar surface area (TPSA) is 67.8 Å². The SMILES string of the molecule is CCON=Cc1cccc(C(=O)NC(C)(CC)C(=O)CCl)c1. The Labute approximate surface area is 135 Å². The third kappa shape index (κ3) is 4.84. The Morgan fingerprint density at radius 2 is 2.14 bits per heavy atom. The molecule has 0 fully saturated rings. The standard InChI is InChI=1S/C16H21ClN2O3/c1-4-16(3,14(20)10-17)19-15(21)13-8-6-7-12(9-13)11-18-22-5-2/h6-9,11H,4-5,10H2,1-3H3,(H,19,21). The third-order valence-electron chi connectivity index (χ3n) is 3.39. The summed E-state index contributed by atoms with van der Waals surface area (Å²) in [6.07, 6.45) is 2.00. The Kier molecular flexibility index (Phi) is 7.05. The highest BCUT2D eigenvalue weighted by atomic mass is 35.5. The minimum atomic E-state index is -0.964. The van der Waals surface area contributed by atoms with Crippen molar-refractivity contribution in [1.29, 1.82) is 0 Å².